The molecule has 5 heteroatoms. The van der Waals surface area contributed by atoms with Crippen molar-refractivity contribution in [2.45, 2.75) is 13.3 Å². The lowest BCUT2D eigenvalue weighted by Crippen LogP contribution is -2.14. The second kappa shape index (κ2) is 6.43. The summed E-state index contributed by atoms with van der Waals surface area (Å²) in [5.41, 5.74) is 6.59. The molecule has 0 bridgehead atoms. The van der Waals surface area contributed by atoms with Gasteiger partial charge >= 0.3 is 5.97 Å². The lowest BCUT2D eigenvalue weighted by molar-refractivity contribution is 0.0520. The highest BCUT2D eigenvalue weighted by Crippen LogP contribution is 2.24. The first kappa shape index (κ1) is 13.7. The first-order valence-corrected chi connectivity index (χ1v) is 6.48. The van der Waals surface area contributed by atoms with E-state index >= 15 is 0 Å². The third-order valence-electron chi connectivity index (χ3n) is 3.00. The molecule has 104 valence electrons. The van der Waals surface area contributed by atoms with Crippen LogP contribution in [-0.4, -0.2) is 32.4 Å². The smallest absolute Gasteiger partial charge is 0.341 e. The second-order valence-corrected chi connectivity index (χ2v) is 4.52. The Kier molecular flexibility index (Phi) is 4.63. The minimum Gasteiger partial charge on any atom is -0.492 e. The first-order valence-electron chi connectivity index (χ1n) is 6.48. The number of rotatable bonds is 5. The summed E-state index contributed by atoms with van der Waals surface area (Å²) in [6.07, 6.45) is 0.990. The lowest BCUT2D eigenvalue weighted by atomic mass is 10.1. The molecular weight excluding hydrogens is 246 g/mol. The van der Waals surface area contributed by atoms with Crippen LogP contribution in [-0.2, 0) is 9.47 Å². The monoisotopic (exact) mass is 265 g/mol. The minimum atomic E-state index is -0.410. The van der Waals surface area contributed by atoms with Crippen LogP contribution >= 0.6 is 0 Å². The molecule has 19 heavy (non-hydrogen) atoms. The van der Waals surface area contributed by atoms with Crippen molar-refractivity contribution in [1.82, 2.24) is 0 Å². The van der Waals surface area contributed by atoms with Crippen LogP contribution in [0.4, 0.5) is 5.69 Å². The zero-order valence-corrected chi connectivity index (χ0v) is 11.1. The van der Waals surface area contributed by atoms with E-state index < -0.39 is 5.97 Å². The maximum atomic E-state index is 11.8. The SMILES string of the molecule is CCOC(=O)c1cc(N)ccc1OCC1CCOC1. The second-order valence-electron chi connectivity index (χ2n) is 4.52. The molecule has 0 aromatic heterocycles. The predicted octanol–water partition coefficient (Wildman–Crippen LogP) is 1.86. The van der Waals surface area contributed by atoms with Crippen molar-refractivity contribution in [2.75, 3.05) is 32.2 Å². The van der Waals surface area contributed by atoms with E-state index in [2.05, 4.69) is 0 Å². The van der Waals surface area contributed by atoms with E-state index in [9.17, 15) is 4.79 Å². The Morgan fingerprint density at radius 2 is 2.37 bits per heavy atom. The fourth-order valence-corrected chi connectivity index (χ4v) is 1.96. The molecule has 0 amide bonds. The highest BCUT2D eigenvalue weighted by atomic mass is 16.5. The summed E-state index contributed by atoms with van der Waals surface area (Å²) in [7, 11) is 0. The summed E-state index contributed by atoms with van der Waals surface area (Å²) in [5.74, 6) is 0.486. The van der Waals surface area contributed by atoms with Gasteiger partial charge in [-0.2, -0.15) is 0 Å². The molecule has 2 N–H and O–H groups in total. The number of ether oxygens (including phenoxy) is 3. The molecular formula is C14H19NO4. The number of hydrogen-bond acceptors (Lipinski definition) is 5. The van der Waals surface area contributed by atoms with Gasteiger partial charge < -0.3 is 19.9 Å². The van der Waals surface area contributed by atoms with Gasteiger partial charge in [0.25, 0.3) is 0 Å². The van der Waals surface area contributed by atoms with Crippen molar-refractivity contribution < 1.29 is 19.0 Å². The van der Waals surface area contributed by atoms with Gasteiger partial charge in [-0.15, -0.1) is 0 Å². The Morgan fingerprint density at radius 3 is 3.05 bits per heavy atom. The quantitative estimate of drug-likeness (QED) is 0.650. The van der Waals surface area contributed by atoms with E-state index in [-0.39, 0.29) is 0 Å². The van der Waals surface area contributed by atoms with E-state index in [0.29, 0.717) is 42.7 Å². The molecule has 2 rings (SSSR count). The molecule has 1 aliphatic heterocycles. The average Bonchev–Trinajstić information content (AvgIpc) is 2.90. The molecule has 1 atom stereocenters. The van der Waals surface area contributed by atoms with Crippen LogP contribution in [0.2, 0.25) is 0 Å². The summed E-state index contributed by atoms with van der Waals surface area (Å²) in [6.45, 7) is 4.12. The normalized spacial score (nSPS) is 18.3. The fraction of sp³-hybridized carbons (Fsp3) is 0.500. The summed E-state index contributed by atoms with van der Waals surface area (Å²) in [4.78, 5) is 11.8. The van der Waals surface area contributed by atoms with Gasteiger partial charge in [0.15, 0.2) is 0 Å². The molecule has 0 saturated carbocycles. The van der Waals surface area contributed by atoms with E-state index in [0.717, 1.165) is 13.0 Å². The van der Waals surface area contributed by atoms with E-state index in [1.54, 1.807) is 25.1 Å². The molecule has 0 aliphatic carbocycles. The van der Waals surface area contributed by atoms with Gasteiger partial charge in [0.2, 0.25) is 0 Å². The van der Waals surface area contributed by atoms with Gasteiger partial charge in [0.05, 0.1) is 19.8 Å². The molecule has 1 fully saturated rings. The summed E-state index contributed by atoms with van der Waals surface area (Å²) < 4.78 is 16.0. The summed E-state index contributed by atoms with van der Waals surface area (Å²) >= 11 is 0. The van der Waals surface area contributed by atoms with Crippen molar-refractivity contribution in [2.24, 2.45) is 5.92 Å². The maximum Gasteiger partial charge on any atom is 0.341 e. The van der Waals surface area contributed by atoms with Crippen molar-refractivity contribution in [1.29, 1.82) is 0 Å². The van der Waals surface area contributed by atoms with E-state index in [1.807, 2.05) is 0 Å². The molecule has 1 aliphatic rings. The van der Waals surface area contributed by atoms with Crippen LogP contribution in [0, 0.1) is 5.92 Å². The van der Waals surface area contributed by atoms with E-state index in [4.69, 9.17) is 19.9 Å². The van der Waals surface area contributed by atoms with Crippen molar-refractivity contribution in [3.05, 3.63) is 23.8 Å². The number of nitrogens with two attached hydrogens (primary N) is 1. The van der Waals surface area contributed by atoms with Crippen LogP contribution in [0.5, 0.6) is 5.75 Å². The van der Waals surface area contributed by atoms with Gasteiger partial charge in [-0.05, 0) is 31.5 Å². The molecule has 1 heterocycles. The van der Waals surface area contributed by atoms with Crippen molar-refractivity contribution in [3.8, 4) is 5.75 Å². The number of esters is 1. The number of carbonyl (C=O) groups excluding carboxylic acids is 1. The molecule has 1 saturated heterocycles. The minimum absolute atomic E-state index is 0.323. The number of carbonyl (C=O) groups is 1. The highest BCUT2D eigenvalue weighted by Gasteiger charge is 2.19. The maximum absolute atomic E-state index is 11.8. The zero-order chi connectivity index (χ0) is 13.7. The van der Waals surface area contributed by atoms with Gasteiger partial charge in [0, 0.05) is 18.2 Å². The van der Waals surface area contributed by atoms with Crippen LogP contribution < -0.4 is 10.5 Å². The van der Waals surface area contributed by atoms with Crippen molar-refractivity contribution >= 4 is 11.7 Å². The third-order valence-corrected chi connectivity index (χ3v) is 3.00. The van der Waals surface area contributed by atoms with Gasteiger partial charge in [-0.3, -0.25) is 0 Å². The molecule has 5 nitrogen and oxygen atoms in total. The van der Waals surface area contributed by atoms with Gasteiger partial charge in [0.1, 0.15) is 11.3 Å². The van der Waals surface area contributed by atoms with Crippen LogP contribution in [0.3, 0.4) is 0 Å². The van der Waals surface area contributed by atoms with Crippen LogP contribution in [0.1, 0.15) is 23.7 Å². The summed E-state index contributed by atoms with van der Waals surface area (Å²) in [5, 5.41) is 0. The molecule has 0 spiro atoms. The Balaban J connectivity index is 2.07. The number of anilines is 1. The molecule has 1 aromatic carbocycles. The lowest BCUT2D eigenvalue weighted by Gasteiger charge is -2.14. The predicted molar refractivity (Wildman–Crippen MR) is 71.2 cm³/mol. The number of hydrogen-bond donors (Lipinski definition) is 1. The molecule has 1 aromatic rings. The highest BCUT2D eigenvalue weighted by molar-refractivity contribution is 5.93. The molecule has 0 radical (unpaired) electrons. The Bertz CT molecular complexity index is 441. The third kappa shape index (κ3) is 3.61. The number of nitrogen functional groups attached to an aromatic ring is 1. The van der Waals surface area contributed by atoms with Crippen molar-refractivity contribution in [3.63, 3.8) is 0 Å². The van der Waals surface area contributed by atoms with Crippen LogP contribution in [0.25, 0.3) is 0 Å². The van der Waals surface area contributed by atoms with Crippen LogP contribution in [0.15, 0.2) is 18.2 Å². The number of benzene rings is 1. The standard InChI is InChI=1S/C14H19NO4/c1-2-18-14(16)12-7-11(15)3-4-13(12)19-9-10-5-6-17-8-10/h3-4,7,10H,2,5-6,8-9,15H2,1H3. The Labute approximate surface area is 112 Å². The Hall–Kier alpha value is -1.75. The average molecular weight is 265 g/mol. The van der Waals surface area contributed by atoms with Gasteiger partial charge in [-0.25, -0.2) is 4.79 Å². The first-order chi connectivity index (χ1) is 9.20. The molecule has 1 unspecified atom stereocenters. The van der Waals surface area contributed by atoms with E-state index in [1.165, 1.54) is 0 Å². The topological polar surface area (TPSA) is 70.8 Å². The fourth-order valence-electron chi connectivity index (χ4n) is 1.96. The summed E-state index contributed by atoms with van der Waals surface area (Å²) in [6, 6.07) is 5.00. The Morgan fingerprint density at radius 1 is 1.53 bits per heavy atom. The van der Waals surface area contributed by atoms with Gasteiger partial charge in [-0.1, -0.05) is 0 Å². The largest absolute Gasteiger partial charge is 0.492 e. The zero-order valence-electron chi connectivity index (χ0n) is 11.1.